The van der Waals surface area contributed by atoms with Gasteiger partial charge in [-0.2, -0.15) is 4.31 Å². The van der Waals surface area contributed by atoms with Crippen LogP contribution in [0.15, 0.2) is 16.3 Å². The van der Waals surface area contributed by atoms with Crippen molar-refractivity contribution in [2.24, 2.45) is 0 Å². The Morgan fingerprint density at radius 1 is 1.25 bits per heavy atom. The molecule has 90 valence electrons. The smallest absolute Gasteiger partial charge is 0.206 e. The monoisotopic (exact) mass is 279 g/mol. The molecule has 0 saturated carbocycles. The molecule has 6 heteroatoms. The van der Waals surface area contributed by atoms with Crippen molar-refractivity contribution in [2.75, 3.05) is 13.1 Å². The fourth-order valence-electron chi connectivity index (χ4n) is 1.80. The molecule has 0 aromatic carbocycles. The summed E-state index contributed by atoms with van der Waals surface area (Å²) in [5.74, 6) is 0.375. The van der Waals surface area contributed by atoms with Gasteiger partial charge in [-0.1, -0.05) is 6.42 Å². The summed E-state index contributed by atoms with van der Waals surface area (Å²) in [6.07, 6.45) is 3.06. The van der Waals surface area contributed by atoms with E-state index in [-0.39, 0.29) is 0 Å². The number of sulfonamides is 1. The summed E-state index contributed by atoms with van der Waals surface area (Å²) >= 11 is 6.95. The van der Waals surface area contributed by atoms with Crippen LogP contribution in [0.3, 0.4) is 0 Å². The van der Waals surface area contributed by atoms with Crippen LogP contribution in [-0.4, -0.2) is 25.8 Å². The zero-order chi connectivity index (χ0) is 11.6. The normalized spacial score (nSPS) is 18.8. The van der Waals surface area contributed by atoms with Crippen molar-refractivity contribution in [3.05, 3.63) is 17.0 Å². The molecular weight excluding hydrogens is 266 g/mol. The van der Waals surface area contributed by atoms with E-state index >= 15 is 0 Å². The lowest BCUT2D eigenvalue weighted by Gasteiger charge is -2.25. The largest absolute Gasteiger partial charge is 0.252 e. The number of piperidine rings is 1. The Labute approximate surface area is 105 Å². The number of thiophene rings is 1. The average molecular weight is 280 g/mol. The predicted octanol–water partition coefficient (Wildman–Crippen LogP) is 2.66. The Bertz CT molecular complexity index is 449. The maximum Gasteiger partial charge on any atom is 0.252 e. The lowest BCUT2D eigenvalue weighted by atomic mass is 10.2. The number of rotatable bonds is 3. The van der Waals surface area contributed by atoms with Crippen molar-refractivity contribution in [3.63, 3.8) is 0 Å². The Morgan fingerprint density at radius 3 is 2.50 bits per heavy atom. The minimum Gasteiger partial charge on any atom is -0.206 e. The second-order valence-corrected chi connectivity index (χ2v) is 7.42. The van der Waals surface area contributed by atoms with Gasteiger partial charge in [0.1, 0.15) is 4.21 Å². The molecule has 1 fully saturated rings. The van der Waals surface area contributed by atoms with Gasteiger partial charge in [-0.05, 0) is 25.0 Å². The summed E-state index contributed by atoms with van der Waals surface area (Å²) in [4.78, 5) is 0.900. The molecule has 0 spiro atoms. The highest BCUT2D eigenvalue weighted by Gasteiger charge is 2.27. The average Bonchev–Trinajstić information content (AvgIpc) is 2.79. The van der Waals surface area contributed by atoms with Crippen LogP contribution in [-0.2, 0) is 15.9 Å². The first-order chi connectivity index (χ1) is 7.64. The molecule has 1 aliphatic heterocycles. The summed E-state index contributed by atoms with van der Waals surface area (Å²) in [5, 5.41) is 0. The molecule has 0 radical (unpaired) electrons. The van der Waals surface area contributed by atoms with Gasteiger partial charge in [-0.3, -0.25) is 0 Å². The molecule has 1 aliphatic rings. The molecule has 0 atom stereocenters. The molecular formula is C10H14ClNO2S2. The minimum atomic E-state index is -3.26. The van der Waals surface area contributed by atoms with Crippen LogP contribution in [0.5, 0.6) is 0 Å². The van der Waals surface area contributed by atoms with Gasteiger partial charge in [-0.15, -0.1) is 22.9 Å². The van der Waals surface area contributed by atoms with Crippen molar-refractivity contribution in [1.82, 2.24) is 4.31 Å². The van der Waals surface area contributed by atoms with E-state index in [1.54, 1.807) is 16.4 Å². The zero-order valence-corrected chi connectivity index (χ0v) is 11.2. The molecule has 0 N–H and O–H groups in total. The molecule has 2 rings (SSSR count). The van der Waals surface area contributed by atoms with E-state index in [2.05, 4.69) is 0 Å². The fourth-order valence-corrected chi connectivity index (χ4v) is 4.93. The van der Waals surface area contributed by atoms with E-state index in [9.17, 15) is 8.42 Å². The van der Waals surface area contributed by atoms with Gasteiger partial charge < -0.3 is 0 Å². The zero-order valence-electron chi connectivity index (χ0n) is 8.86. The molecule has 2 heterocycles. The highest BCUT2D eigenvalue weighted by molar-refractivity contribution is 7.91. The van der Waals surface area contributed by atoms with Crippen molar-refractivity contribution < 1.29 is 8.42 Å². The van der Waals surface area contributed by atoms with E-state index in [1.807, 2.05) is 0 Å². The summed E-state index contributed by atoms with van der Waals surface area (Å²) in [5.41, 5.74) is 0. The summed E-state index contributed by atoms with van der Waals surface area (Å²) in [7, 11) is -3.26. The van der Waals surface area contributed by atoms with Crippen molar-refractivity contribution in [1.29, 1.82) is 0 Å². The molecule has 1 aromatic heterocycles. The third-order valence-electron chi connectivity index (χ3n) is 2.68. The first-order valence-corrected chi connectivity index (χ1v) is 8.08. The highest BCUT2D eigenvalue weighted by Crippen LogP contribution is 2.27. The Hall–Kier alpha value is -0.100. The van der Waals surface area contributed by atoms with Crippen LogP contribution >= 0.6 is 22.9 Å². The standard InChI is InChI=1S/C10H14ClNO2S2/c11-8-9-4-5-10(15-9)16(13,14)12-6-2-1-3-7-12/h4-5H,1-3,6-8H2. The van der Waals surface area contributed by atoms with Gasteiger partial charge in [0, 0.05) is 18.0 Å². The third-order valence-corrected chi connectivity index (χ3v) is 6.58. The quantitative estimate of drug-likeness (QED) is 0.798. The van der Waals surface area contributed by atoms with Gasteiger partial charge in [0.2, 0.25) is 0 Å². The number of hydrogen-bond acceptors (Lipinski definition) is 3. The summed E-state index contributed by atoms with van der Waals surface area (Å²) in [6.45, 7) is 1.30. The van der Waals surface area contributed by atoms with Crippen LogP contribution in [0.4, 0.5) is 0 Å². The second-order valence-electron chi connectivity index (χ2n) is 3.82. The minimum absolute atomic E-state index is 0.375. The summed E-state index contributed by atoms with van der Waals surface area (Å²) < 4.78 is 26.4. The topological polar surface area (TPSA) is 37.4 Å². The molecule has 16 heavy (non-hydrogen) atoms. The maximum absolute atomic E-state index is 12.2. The van der Waals surface area contributed by atoms with Gasteiger partial charge in [-0.25, -0.2) is 8.42 Å². The van der Waals surface area contributed by atoms with Crippen molar-refractivity contribution in [2.45, 2.75) is 29.4 Å². The fraction of sp³-hybridized carbons (Fsp3) is 0.600. The first kappa shape index (κ1) is 12.4. The highest BCUT2D eigenvalue weighted by atomic mass is 35.5. The number of nitrogens with zero attached hydrogens (tertiary/aromatic N) is 1. The van der Waals surface area contributed by atoms with E-state index in [0.717, 1.165) is 24.1 Å². The molecule has 0 amide bonds. The Balaban J connectivity index is 2.23. The summed E-state index contributed by atoms with van der Waals surface area (Å²) in [6, 6.07) is 3.45. The Kier molecular flexibility index (Phi) is 3.89. The van der Waals surface area contributed by atoms with E-state index in [1.165, 1.54) is 11.3 Å². The number of hydrogen-bond donors (Lipinski definition) is 0. The third kappa shape index (κ3) is 2.42. The lowest BCUT2D eigenvalue weighted by Crippen LogP contribution is -2.35. The number of halogens is 1. The van der Waals surface area contributed by atoms with Gasteiger partial charge in [0.05, 0.1) is 5.88 Å². The van der Waals surface area contributed by atoms with Gasteiger partial charge in [0.15, 0.2) is 0 Å². The van der Waals surface area contributed by atoms with Crippen LogP contribution in [0.1, 0.15) is 24.1 Å². The van der Waals surface area contributed by atoms with E-state index in [4.69, 9.17) is 11.6 Å². The molecule has 0 aliphatic carbocycles. The maximum atomic E-state index is 12.2. The number of alkyl halides is 1. The first-order valence-electron chi connectivity index (χ1n) is 5.29. The van der Waals surface area contributed by atoms with E-state index < -0.39 is 10.0 Å². The van der Waals surface area contributed by atoms with Gasteiger partial charge in [0.25, 0.3) is 10.0 Å². The predicted molar refractivity (Wildman–Crippen MR) is 66.5 cm³/mol. The van der Waals surface area contributed by atoms with Crippen LogP contribution < -0.4 is 0 Å². The van der Waals surface area contributed by atoms with Crippen molar-refractivity contribution >= 4 is 33.0 Å². The molecule has 3 nitrogen and oxygen atoms in total. The van der Waals surface area contributed by atoms with Crippen molar-refractivity contribution in [3.8, 4) is 0 Å². The second kappa shape index (κ2) is 5.04. The van der Waals surface area contributed by atoms with Crippen LogP contribution in [0.2, 0.25) is 0 Å². The molecule has 1 aromatic rings. The molecule has 0 bridgehead atoms. The van der Waals surface area contributed by atoms with E-state index in [0.29, 0.717) is 23.2 Å². The molecule has 0 unspecified atom stereocenters. The molecule has 1 saturated heterocycles. The lowest BCUT2D eigenvalue weighted by molar-refractivity contribution is 0.347. The van der Waals surface area contributed by atoms with Gasteiger partial charge >= 0.3 is 0 Å². The van der Waals surface area contributed by atoms with Crippen LogP contribution in [0.25, 0.3) is 0 Å². The SMILES string of the molecule is O=S(=O)(c1ccc(CCl)s1)N1CCCCC1. The Morgan fingerprint density at radius 2 is 1.94 bits per heavy atom. The van der Waals surface area contributed by atoms with Crippen LogP contribution in [0, 0.1) is 0 Å².